The number of carbonyl (C=O) groups excluding carboxylic acids is 1. The Morgan fingerprint density at radius 3 is 2.55 bits per heavy atom. The van der Waals surface area contributed by atoms with Crippen LogP contribution in [0.5, 0.6) is 0 Å². The van der Waals surface area contributed by atoms with E-state index in [1.165, 1.54) is 10.6 Å². The second-order valence-electron chi connectivity index (χ2n) is 7.93. The highest BCUT2D eigenvalue weighted by atomic mass is 35.5. The first-order valence-electron chi connectivity index (χ1n) is 9.98. The molecule has 0 bridgehead atoms. The quantitative estimate of drug-likeness (QED) is 0.735. The summed E-state index contributed by atoms with van der Waals surface area (Å²) < 4.78 is 0. The molecule has 0 N–H and O–H groups in total. The second kappa shape index (κ2) is 7.35. The van der Waals surface area contributed by atoms with Gasteiger partial charge in [-0.2, -0.15) is 4.99 Å². The van der Waals surface area contributed by atoms with E-state index in [2.05, 4.69) is 44.0 Å². The number of halogens is 1. The standard InChI is InChI=1S/C22H23ClN4OS/c1-22(20(28)24-21-27(22)18-4-2-3-5-19(18)29-21)10-11-25-12-14-26(15-13-25)17-8-6-16(23)7-9-17/h2-9H,10-15H2,1H3. The molecule has 29 heavy (non-hydrogen) atoms. The molecule has 2 aromatic rings. The van der Waals surface area contributed by atoms with Crippen molar-refractivity contribution in [2.75, 3.05) is 42.5 Å². The van der Waals surface area contributed by atoms with Gasteiger partial charge < -0.3 is 9.80 Å². The van der Waals surface area contributed by atoms with Gasteiger partial charge in [0.25, 0.3) is 5.91 Å². The molecule has 5 nitrogen and oxygen atoms in total. The number of thioether (sulfide) groups is 1. The summed E-state index contributed by atoms with van der Waals surface area (Å²) in [7, 11) is 0. The minimum atomic E-state index is -0.595. The molecule has 5 rings (SSSR count). The maximum atomic E-state index is 12.8. The summed E-state index contributed by atoms with van der Waals surface area (Å²) in [5.41, 5.74) is 1.73. The Labute approximate surface area is 180 Å². The number of hydrogen-bond acceptors (Lipinski definition) is 5. The molecule has 0 spiro atoms. The summed E-state index contributed by atoms with van der Waals surface area (Å²) in [4.78, 5) is 25.3. The van der Waals surface area contributed by atoms with E-state index in [1.807, 2.05) is 31.2 Å². The summed E-state index contributed by atoms with van der Waals surface area (Å²) in [6.45, 7) is 6.88. The Hall–Kier alpha value is -2.02. The van der Waals surface area contributed by atoms with Gasteiger partial charge in [0.1, 0.15) is 5.54 Å². The predicted octanol–water partition coefficient (Wildman–Crippen LogP) is 4.12. The second-order valence-corrected chi connectivity index (χ2v) is 9.38. The number of anilines is 2. The van der Waals surface area contributed by atoms with Crippen molar-refractivity contribution in [2.24, 2.45) is 4.99 Å². The molecule has 1 unspecified atom stereocenters. The fraction of sp³-hybridized carbons (Fsp3) is 0.364. The van der Waals surface area contributed by atoms with Crippen LogP contribution in [0.25, 0.3) is 0 Å². The minimum absolute atomic E-state index is 0.0192. The fourth-order valence-electron chi connectivity index (χ4n) is 4.30. The van der Waals surface area contributed by atoms with Crippen LogP contribution in [0.1, 0.15) is 13.3 Å². The van der Waals surface area contributed by atoms with E-state index in [0.717, 1.165) is 55.0 Å². The number of nitrogens with zero attached hydrogens (tertiary/aromatic N) is 4. The molecule has 1 fully saturated rings. The van der Waals surface area contributed by atoms with Crippen LogP contribution in [0.2, 0.25) is 5.02 Å². The monoisotopic (exact) mass is 426 g/mol. The van der Waals surface area contributed by atoms with Crippen molar-refractivity contribution in [1.82, 2.24) is 4.90 Å². The summed E-state index contributed by atoms with van der Waals surface area (Å²) in [6.07, 6.45) is 0.772. The van der Waals surface area contributed by atoms with Gasteiger partial charge in [-0.15, -0.1) is 0 Å². The van der Waals surface area contributed by atoms with Crippen LogP contribution in [0, 0.1) is 0 Å². The highest BCUT2D eigenvalue weighted by molar-refractivity contribution is 8.14. The Bertz CT molecular complexity index is 971. The number of benzene rings is 2. The van der Waals surface area contributed by atoms with Crippen LogP contribution in [-0.4, -0.2) is 54.2 Å². The van der Waals surface area contributed by atoms with E-state index >= 15 is 0 Å². The average molecular weight is 427 g/mol. The molecular weight excluding hydrogens is 404 g/mol. The third-order valence-electron chi connectivity index (χ3n) is 6.13. The van der Waals surface area contributed by atoms with Crippen molar-refractivity contribution < 1.29 is 4.79 Å². The molecule has 0 aliphatic carbocycles. The molecule has 0 saturated carbocycles. The number of aliphatic imine (C=N–C) groups is 1. The molecule has 3 aliphatic heterocycles. The SMILES string of the molecule is CC1(CCN2CCN(c3ccc(Cl)cc3)CC2)C(=O)N=C2Sc3ccccc3N21. The highest BCUT2D eigenvalue weighted by Crippen LogP contribution is 2.48. The fourth-order valence-corrected chi connectivity index (χ4v) is 5.56. The summed E-state index contributed by atoms with van der Waals surface area (Å²) in [6, 6.07) is 16.3. The smallest absolute Gasteiger partial charge is 0.274 e. The van der Waals surface area contributed by atoms with Gasteiger partial charge in [0.05, 0.1) is 5.69 Å². The molecule has 1 atom stereocenters. The van der Waals surface area contributed by atoms with Crippen LogP contribution in [0.3, 0.4) is 0 Å². The lowest BCUT2D eigenvalue weighted by Gasteiger charge is -2.38. The summed E-state index contributed by atoms with van der Waals surface area (Å²) >= 11 is 7.60. The van der Waals surface area contributed by atoms with Crippen LogP contribution < -0.4 is 9.80 Å². The third-order valence-corrected chi connectivity index (χ3v) is 7.40. The molecule has 3 heterocycles. The number of piperazine rings is 1. The Morgan fingerprint density at radius 1 is 1.07 bits per heavy atom. The van der Waals surface area contributed by atoms with Crippen molar-refractivity contribution in [2.45, 2.75) is 23.8 Å². The van der Waals surface area contributed by atoms with Crippen molar-refractivity contribution in [3.63, 3.8) is 0 Å². The van der Waals surface area contributed by atoms with Crippen molar-refractivity contribution in [3.05, 3.63) is 53.6 Å². The van der Waals surface area contributed by atoms with E-state index in [4.69, 9.17) is 11.6 Å². The molecule has 3 aliphatic rings. The lowest BCUT2D eigenvalue weighted by atomic mass is 9.94. The predicted molar refractivity (Wildman–Crippen MR) is 120 cm³/mol. The number of fused-ring (bicyclic) bond motifs is 3. The zero-order valence-corrected chi connectivity index (χ0v) is 17.9. The number of rotatable bonds is 4. The lowest BCUT2D eigenvalue weighted by Crippen LogP contribution is -2.52. The molecular formula is C22H23ClN4OS. The number of carbonyl (C=O) groups is 1. The van der Waals surface area contributed by atoms with Gasteiger partial charge in [0, 0.05) is 48.3 Å². The highest BCUT2D eigenvalue weighted by Gasteiger charge is 2.50. The summed E-state index contributed by atoms with van der Waals surface area (Å²) in [5, 5.41) is 1.59. The largest absolute Gasteiger partial charge is 0.369 e. The van der Waals surface area contributed by atoms with Gasteiger partial charge in [0.2, 0.25) is 0 Å². The molecule has 1 amide bonds. The van der Waals surface area contributed by atoms with Crippen molar-refractivity contribution >= 4 is 45.8 Å². The van der Waals surface area contributed by atoms with Crippen LogP contribution in [0.4, 0.5) is 11.4 Å². The number of amidine groups is 1. The molecule has 1 saturated heterocycles. The molecule has 2 aromatic carbocycles. The maximum Gasteiger partial charge on any atom is 0.274 e. The van der Waals surface area contributed by atoms with E-state index in [9.17, 15) is 4.79 Å². The summed E-state index contributed by atoms with van der Waals surface area (Å²) in [5.74, 6) is -0.0192. The van der Waals surface area contributed by atoms with E-state index in [1.54, 1.807) is 11.8 Å². The Balaban J connectivity index is 1.23. The van der Waals surface area contributed by atoms with E-state index in [-0.39, 0.29) is 5.91 Å². The van der Waals surface area contributed by atoms with Crippen LogP contribution in [0.15, 0.2) is 58.4 Å². The number of hydrogen-bond donors (Lipinski definition) is 0. The topological polar surface area (TPSA) is 39.1 Å². The van der Waals surface area contributed by atoms with E-state index in [0.29, 0.717) is 0 Å². The minimum Gasteiger partial charge on any atom is -0.369 e. The normalized spacial score (nSPS) is 23.9. The first kappa shape index (κ1) is 19.0. The Morgan fingerprint density at radius 2 is 1.79 bits per heavy atom. The maximum absolute atomic E-state index is 12.8. The van der Waals surface area contributed by atoms with Gasteiger partial charge in [-0.3, -0.25) is 9.69 Å². The van der Waals surface area contributed by atoms with Crippen molar-refractivity contribution in [1.29, 1.82) is 0 Å². The third kappa shape index (κ3) is 3.33. The van der Waals surface area contributed by atoms with Gasteiger partial charge >= 0.3 is 0 Å². The number of amides is 1. The zero-order chi connectivity index (χ0) is 20.0. The van der Waals surface area contributed by atoms with Gasteiger partial charge in [-0.1, -0.05) is 23.7 Å². The van der Waals surface area contributed by atoms with Crippen molar-refractivity contribution in [3.8, 4) is 0 Å². The van der Waals surface area contributed by atoms with Crippen LogP contribution >= 0.6 is 23.4 Å². The number of para-hydroxylation sites is 1. The first-order chi connectivity index (χ1) is 14.0. The first-order valence-corrected chi connectivity index (χ1v) is 11.2. The van der Waals surface area contributed by atoms with E-state index < -0.39 is 5.54 Å². The van der Waals surface area contributed by atoms with Gasteiger partial charge in [0.15, 0.2) is 5.17 Å². The Kier molecular flexibility index (Phi) is 4.81. The molecule has 0 aromatic heterocycles. The lowest BCUT2D eigenvalue weighted by molar-refractivity contribution is -0.121. The van der Waals surface area contributed by atoms with Crippen LogP contribution in [-0.2, 0) is 4.79 Å². The average Bonchev–Trinajstić information content (AvgIpc) is 3.22. The molecule has 0 radical (unpaired) electrons. The van der Waals surface area contributed by atoms with Gasteiger partial charge in [-0.25, -0.2) is 0 Å². The molecule has 7 heteroatoms. The molecule has 150 valence electrons. The van der Waals surface area contributed by atoms with Gasteiger partial charge in [-0.05, 0) is 61.5 Å². The zero-order valence-electron chi connectivity index (χ0n) is 16.3.